The second kappa shape index (κ2) is 13.0. The molecule has 1 aliphatic rings. The Kier molecular flexibility index (Phi) is 9.78. The molecule has 7 nitrogen and oxygen atoms in total. The number of nitrogens with zero attached hydrogens (tertiary/aromatic N) is 3. The van der Waals surface area contributed by atoms with Gasteiger partial charge in [0.05, 0.1) is 13.2 Å². The summed E-state index contributed by atoms with van der Waals surface area (Å²) < 4.78 is 11.5. The first-order chi connectivity index (χ1) is 15.7. The molecule has 1 unspecified atom stereocenters. The van der Waals surface area contributed by atoms with Crippen LogP contribution in [0.15, 0.2) is 53.7 Å². The predicted molar refractivity (Wildman–Crippen MR) is 129 cm³/mol. The molecule has 1 saturated heterocycles. The second-order valence-electron chi connectivity index (χ2n) is 8.48. The molecule has 3 rings (SSSR count). The fraction of sp³-hybridized carbons (Fsp3) is 0.520. The van der Waals surface area contributed by atoms with Crippen LogP contribution in [-0.4, -0.2) is 61.8 Å². The quantitative estimate of drug-likeness (QED) is 0.438. The molecule has 32 heavy (non-hydrogen) atoms. The van der Waals surface area contributed by atoms with Gasteiger partial charge in [-0.3, -0.25) is 9.89 Å². The van der Waals surface area contributed by atoms with Crippen molar-refractivity contribution >= 4 is 5.96 Å². The van der Waals surface area contributed by atoms with E-state index in [9.17, 15) is 0 Å². The van der Waals surface area contributed by atoms with E-state index in [0.717, 1.165) is 56.4 Å². The Morgan fingerprint density at radius 3 is 2.62 bits per heavy atom. The van der Waals surface area contributed by atoms with Crippen LogP contribution in [0, 0.1) is 5.92 Å². The number of benzene rings is 1. The van der Waals surface area contributed by atoms with Crippen LogP contribution in [0.5, 0.6) is 5.88 Å². The van der Waals surface area contributed by atoms with Gasteiger partial charge in [0.2, 0.25) is 5.88 Å². The number of hydrogen-bond acceptors (Lipinski definition) is 5. The van der Waals surface area contributed by atoms with Gasteiger partial charge in [-0.15, -0.1) is 0 Å². The Bertz CT molecular complexity index is 822. The monoisotopic (exact) mass is 439 g/mol. The second-order valence-corrected chi connectivity index (χ2v) is 8.48. The van der Waals surface area contributed by atoms with E-state index < -0.39 is 0 Å². The van der Waals surface area contributed by atoms with Crippen molar-refractivity contribution in [2.45, 2.75) is 39.5 Å². The Morgan fingerprint density at radius 2 is 1.91 bits per heavy atom. The third kappa shape index (κ3) is 7.80. The van der Waals surface area contributed by atoms with Crippen LogP contribution in [0.3, 0.4) is 0 Å². The number of aromatic nitrogens is 1. The fourth-order valence-electron chi connectivity index (χ4n) is 3.88. The third-order valence-electron chi connectivity index (χ3n) is 5.55. The normalized spacial score (nSPS) is 16.1. The Balaban J connectivity index is 1.53. The molecule has 1 fully saturated rings. The zero-order valence-electron chi connectivity index (χ0n) is 19.6. The first-order valence-corrected chi connectivity index (χ1v) is 11.5. The molecular weight excluding hydrogens is 402 g/mol. The lowest BCUT2D eigenvalue weighted by atomic mass is 10.0. The van der Waals surface area contributed by atoms with Crippen molar-refractivity contribution in [1.29, 1.82) is 0 Å². The molecule has 2 N–H and O–H groups in total. The van der Waals surface area contributed by atoms with Gasteiger partial charge in [-0.05, 0) is 24.0 Å². The molecule has 1 aliphatic heterocycles. The third-order valence-corrected chi connectivity index (χ3v) is 5.55. The molecule has 0 radical (unpaired) electrons. The highest BCUT2D eigenvalue weighted by Gasteiger charge is 2.22. The Hall–Kier alpha value is -2.64. The minimum Gasteiger partial charge on any atom is -0.473 e. The lowest BCUT2D eigenvalue weighted by Gasteiger charge is -2.35. The summed E-state index contributed by atoms with van der Waals surface area (Å²) in [5, 5.41) is 6.93. The van der Waals surface area contributed by atoms with Gasteiger partial charge >= 0.3 is 0 Å². The summed E-state index contributed by atoms with van der Waals surface area (Å²) in [6, 6.07) is 14.5. The molecule has 2 heterocycles. The van der Waals surface area contributed by atoms with Crippen molar-refractivity contribution in [1.82, 2.24) is 20.5 Å². The first kappa shape index (κ1) is 24.0. The van der Waals surface area contributed by atoms with Crippen molar-refractivity contribution in [3.8, 4) is 5.88 Å². The van der Waals surface area contributed by atoms with Gasteiger partial charge in [-0.1, -0.05) is 50.2 Å². The molecule has 7 heteroatoms. The van der Waals surface area contributed by atoms with E-state index in [1.54, 1.807) is 13.2 Å². The van der Waals surface area contributed by atoms with Crippen LogP contribution in [-0.2, 0) is 17.9 Å². The van der Waals surface area contributed by atoms with Gasteiger partial charge < -0.3 is 20.1 Å². The summed E-state index contributed by atoms with van der Waals surface area (Å²) in [6.45, 7) is 10.1. The molecule has 1 aromatic carbocycles. The molecule has 1 aromatic heterocycles. The summed E-state index contributed by atoms with van der Waals surface area (Å²) >= 11 is 0. The van der Waals surface area contributed by atoms with E-state index in [4.69, 9.17) is 9.47 Å². The number of ether oxygens (including phenoxy) is 2. The zero-order valence-corrected chi connectivity index (χ0v) is 19.6. The van der Waals surface area contributed by atoms with Crippen molar-refractivity contribution in [2.75, 3.05) is 39.9 Å². The van der Waals surface area contributed by atoms with E-state index in [0.29, 0.717) is 31.0 Å². The van der Waals surface area contributed by atoms with Gasteiger partial charge in [0.15, 0.2) is 5.96 Å². The molecule has 0 aliphatic carbocycles. The number of aliphatic imine (C=N–C) groups is 1. The van der Waals surface area contributed by atoms with Crippen LogP contribution in [0.25, 0.3) is 0 Å². The topological polar surface area (TPSA) is 71.0 Å². The van der Waals surface area contributed by atoms with Crippen molar-refractivity contribution < 1.29 is 9.47 Å². The maximum atomic E-state index is 5.98. The minimum absolute atomic E-state index is 0.459. The number of rotatable bonds is 10. The predicted octanol–water partition coefficient (Wildman–Crippen LogP) is 3.07. The molecular formula is C25H37N5O2. The van der Waals surface area contributed by atoms with Gasteiger partial charge in [0.1, 0.15) is 6.61 Å². The van der Waals surface area contributed by atoms with Crippen LogP contribution in [0.4, 0.5) is 0 Å². The standard InChI is InChI=1S/C25H37N5O2/c1-20(2)16-23(30-12-14-31-15-13-30)18-29-25(26-3)28-17-22-10-7-11-27-24(22)32-19-21-8-5-4-6-9-21/h4-11,20,23H,12-19H2,1-3H3,(H2,26,28,29). The number of nitrogens with one attached hydrogen (secondary N) is 2. The average Bonchev–Trinajstić information content (AvgIpc) is 2.83. The highest BCUT2D eigenvalue weighted by atomic mass is 16.5. The Morgan fingerprint density at radius 1 is 1.12 bits per heavy atom. The van der Waals surface area contributed by atoms with Crippen molar-refractivity contribution in [2.24, 2.45) is 10.9 Å². The van der Waals surface area contributed by atoms with Crippen LogP contribution in [0.1, 0.15) is 31.4 Å². The van der Waals surface area contributed by atoms with Crippen LogP contribution >= 0.6 is 0 Å². The molecule has 1 atom stereocenters. The van der Waals surface area contributed by atoms with Gasteiger partial charge in [0, 0.05) is 51.0 Å². The van der Waals surface area contributed by atoms with Crippen LogP contribution in [0.2, 0.25) is 0 Å². The lowest BCUT2D eigenvalue weighted by molar-refractivity contribution is 0.0132. The number of morpholine rings is 1. The van der Waals surface area contributed by atoms with Gasteiger partial charge in [-0.25, -0.2) is 4.98 Å². The van der Waals surface area contributed by atoms with E-state index in [1.807, 2.05) is 30.3 Å². The summed E-state index contributed by atoms with van der Waals surface area (Å²) in [6.07, 6.45) is 2.90. The summed E-state index contributed by atoms with van der Waals surface area (Å²) in [7, 11) is 1.80. The zero-order chi connectivity index (χ0) is 22.6. The SMILES string of the molecule is CN=C(NCc1cccnc1OCc1ccccc1)NCC(CC(C)C)N1CCOCC1. The Labute approximate surface area is 192 Å². The highest BCUT2D eigenvalue weighted by molar-refractivity contribution is 5.79. The maximum Gasteiger partial charge on any atom is 0.218 e. The number of hydrogen-bond donors (Lipinski definition) is 2. The summed E-state index contributed by atoms with van der Waals surface area (Å²) in [4.78, 5) is 11.4. The largest absolute Gasteiger partial charge is 0.473 e. The van der Waals surface area contributed by atoms with E-state index in [-0.39, 0.29) is 0 Å². The van der Waals surface area contributed by atoms with E-state index in [2.05, 4.69) is 51.5 Å². The van der Waals surface area contributed by atoms with Gasteiger partial charge in [0.25, 0.3) is 0 Å². The lowest BCUT2D eigenvalue weighted by Crippen LogP contribution is -2.51. The average molecular weight is 440 g/mol. The molecule has 0 spiro atoms. The molecule has 174 valence electrons. The molecule has 2 aromatic rings. The van der Waals surface area contributed by atoms with Gasteiger partial charge in [-0.2, -0.15) is 0 Å². The van der Waals surface area contributed by atoms with Crippen molar-refractivity contribution in [3.63, 3.8) is 0 Å². The van der Waals surface area contributed by atoms with E-state index in [1.165, 1.54) is 0 Å². The minimum atomic E-state index is 0.459. The van der Waals surface area contributed by atoms with Crippen LogP contribution < -0.4 is 15.4 Å². The molecule has 0 bridgehead atoms. The maximum absolute atomic E-state index is 5.98. The molecule has 0 amide bonds. The van der Waals surface area contributed by atoms with Crippen molar-refractivity contribution in [3.05, 3.63) is 59.8 Å². The summed E-state index contributed by atoms with van der Waals surface area (Å²) in [5.74, 6) is 2.06. The number of pyridine rings is 1. The summed E-state index contributed by atoms with van der Waals surface area (Å²) in [5.41, 5.74) is 2.12. The smallest absolute Gasteiger partial charge is 0.218 e. The molecule has 0 saturated carbocycles. The number of guanidine groups is 1. The highest BCUT2D eigenvalue weighted by Crippen LogP contribution is 2.16. The van der Waals surface area contributed by atoms with E-state index >= 15 is 0 Å². The fourth-order valence-corrected chi connectivity index (χ4v) is 3.88. The first-order valence-electron chi connectivity index (χ1n) is 11.5.